The molecule has 1 atom stereocenters. The standard InChI is InChI=1S/C30H26N2O4/c1-16(2)19-6-8-20(9-7-19)27-23-12-10-21(14-26(23)36-29(32)24(27)15-31)34-30(33)28-18(4)22-11-5-17(3)13-25(22)35-28/h5-14,16,27H,32H2,1-4H3. The van der Waals surface area contributed by atoms with Crippen molar-refractivity contribution in [2.45, 2.75) is 39.5 Å². The van der Waals surface area contributed by atoms with Gasteiger partial charge in [0.25, 0.3) is 0 Å². The Morgan fingerprint density at radius 1 is 1.06 bits per heavy atom. The molecule has 180 valence electrons. The minimum absolute atomic E-state index is 0.0370. The van der Waals surface area contributed by atoms with Gasteiger partial charge in [-0.3, -0.25) is 0 Å². The fraction of sp³-hybridized carbons (Fsp3) is 0.200. The molecule has 0 radical (unpaired) electrons. The van der Waals surface area contributed by atoms with Crippen LogP contribution in [0.25, 0.3) is 11.0 Å². The molecule has 0 amide bonds. The summed E-state index contributed by atoms with van der Waals surface area (Å²) in [5.74, 6) is 0.334. The summed E-state index contributed by atoms with van der Waals surface area (Å²) in [5, 5.41) is 10.7. The van der Waals surface area contributed by atoms with Gasteiger partial charge < -0.3 is 19.6 Å². The maximum absolute atomic E-state index is 13.0. The van der Waals surface area contributed by atoms with Gasteiger partial charge in [-0.2, -0.15) is 5.26 Å². The quantitative estimate of drug-likeness (QED) is 0.262. The lowest BCUT2D eigenvalue weighted by Gasteiger charge is -2.27. The fourth-order valence-electron chi connectivity index (χ4n) is 4.60. The third-order valence-corrected chi connectivity index (χ3v) is 6.62. The number of hydrogen-bond donors (Lipinski definition) is 1. The maximum atomic E-state index is 13.0. The molecule has 4 aromatic rings. The number of allylic oxidation sites excluding steroid dienone is 1. The molecule has 5 rings (SSSR count). The van der Waals surface area contributed by atoms with Crippen LogP contribution in [0.15, 0.2) is 76.5 Å². The third-order valence-electron chi connectivity index (χ3n) is 6.62. The average molecular weight is 479 g/mol. The van der Waals surface area contributed by atoms with Crippen LogP contribution in [0.4, 0.5) is 0 Å². The van der Waals surface area contributed by atoms with Crippen LogP contribution in [0.2, 0.25) is 0 Å². The Morgan fingerprint density at radius 2 is 1.81 bits per heavy atom. The number of nitriles is 1. The number of esters is 1. The number of furan rings is 1. The molecule has 0 bridgehead atoms. The largest absolute Gasteiger partial charge is 0.449 e. The second kappa shape index (κ2) is 8.94. The first-order chi connectivity index (χ1) is 17.3. The van der Waals surface area contributed by atoms with Gasteiger partial charge in [-0.1, -0.05) is 56.3 Å². The van der Waals surface area contributed by atoms with Gasteiger partial charge in [-0.15, -0.1) is 0 Å². The summed E-state index contributed by atoms with van der Waals surface area (Å²) in [6.45, 7) is 8.06. The monoisotopic (exact) mass is 478 g/mol. The minimum atomic E-state index is -0.598. The van der Waals surface area contributed by atoms with E-state index < -0.39 is 5.97 Å². The van der Waals surface area contributed by atoms with Crippen molar-refractivity contribution in [2.75, 3.05) is 0 Å². The van der Waals surface area contributed by atoms with Crippen LogP contribution in [-0.2, 0) is 0 Å². The number of nitrogens with zero attached hydrogens (tertiary/aromatic N) is 1. The molecular formula is C30H26N2O4. The highest BCUT2D eigenvalue weighted by atomic mass is 16.5. The van der Waals surface area contributed by atoms with Gasteiger partial charge >= 0.3 is 5.97 Å². The first-order valence-corrected chi connectivity index (χ1v) is 11.8. The number of carbonyl (C=O) groups is 1. The summed E-state index contributed by atoms with van der Waals surface area (Å²) < 4.78 is 17.2. The van der Waals surface area contributed by atoms with Crippen molar-refractivity contribution in [2.24, 2.45) is 5.73 Å². The van der Waals surface area contributed by atoms with Gasteiger partial charge in [-0.05, 0) is 48.6 Å². The van der Waals surface area contributed by atoms with Gasteiger partial charge in [0.1, 0.15) is 28.7 Å². The Morgan fingerprint density at radius 3 is 2.50 bits per heavy atom. The summed E-state index contributed by atoms with van der Waals surface area (Å²) in [5.41, 5.74) is 11.8. The van der Waals surface area contributed by atoms with E-state index >= 15 is 0 Å². The van der Waals surface area contributed by atoms with Gasteiger partial charge in [0, 0.05) is 22.6 Å². The van der Waals surface area contributed by atoms with Crippen LogP contribution in [0, 0.1) is 25.2 Å². The van der Waals surface area contributed by atoms with Crippen LogP contribution in [-0.4, -0.2) is 5.97 Å². The zero-order valence-electron chi connectivity index (χ0n) is 20.6. The van der Waals surface area contributed by atoms with E-state index in [0.29, 0.717) is 22.8 Å². The summed E-state index contributed by atoms with van der Waals surface area (Å²) >= 11 is 0. The zero-order valence-corrected chi connectivity index (χ0v) is 20.6. The molecule has 1 aliphatic heterocycles. The molecular weight excluding hydrogens is 452 g/mol. The first-order valence-electron chi connectivity index (χ1n) is 11.8. The Kier molecular flexibility index (Phi) is 5.77. The van der Waals surface area contributed by atoms with E-state index in [1.165, 1.54) is 5.56 Å². The van der Waals surface area contributed by atoms with Crippen molar-refractivity contribution in [3.63, 3.8) is 0 Å². The van der Waals surface area contributed by atoms with Crippen LogP contribution in [0.3, 0.4) is 0 Å². The van der Waals surface area contributed by atoms with Gasteiger partial charge in [0.2, 0.25) is 11.6 Å². The fourth-order valence-corrected chi connectivity index (χ4v) is 4.60. The number of benzene rings is 3. The van der Waals surface area contributed by atoms with E-state index in [1.54, 1.807) is 18.2 Å². The molecule has 0 spiro atoms. The highest BCUT2D eigenvalue weighted by molar-refractivity contribution is 5.97. The van der Waals surface area contributed by atoms with Crippen molar-refractivity contribution in [1.82, 2.24) is 0 Å². The van der Waals surface area contributed by atoms with Crippen LogP contribution in [0.5, 0.6) is 11.5 Å². The maximum Gasteiger partial charge on any atom is 0.379 e. The number of rotatable bonds is 4. The smallest absolute Gasteiger partial charge is 0.379 e. The Hall–Kier alpha value is -4.50. The van der Waals surface area contributed by atoms with Crippen molar-refractivity contribution < 1.29 is 18.7 Å². The lowest BCUT2D eigenvalue weighted by atomic mass is 9.83. The lowest BCUT2D eigenvalue weighted by molar-refractivity contribution is 0.0702. The van der Waals surface area contributed by atoms with Crippen molar-refractivity contribution in [1.29, 1.82) is 5.26 Å². The van der Waals surface area contributed by atoms with Crippen LogP contribution in [0.1, 0.15) is 64.1 Å². The van der Waals surface area contributed by atoms with E-state index in [4.69, 9.17) is 19.6 Å². The molecule has 6 nitrogen and oxygen atoms in total. The molecule has 1 aliphatic rings. The molecule has 36 heavy (non-hydrogen) atoms. The van der Waals surface area contributed by atoms with E-state index in [0.717, 1.165) is 27.6 Å². The summed E-state index contributed by atoms with van der Waals surface area (Å²) in [7, 11) is 0. The Labute approximate surface area is 209 Å². The summed E-state index contributed by atoms with van der Waals surface area (Å²) in [4.78, 5) is 13.0. The van der Waals surface area contributed by atoms with E-state index in [1.807, 2.05) is 44.2 Å². The minimum Gasteiger partial charge on any atom is -0.449 e. The highest BCUT2D eigenvalue weighted by Crippen LogP contribution is 2.43. The summed E-state index contributed by atoms with van der Waals surface area (Å²) in [6, 6.07) is 21.3. The molecule has 0 saturated heterocycles. The number of aryl methyl sites for hydroxylation is 2. The molecule has 1 aromatic heterocycles. The third kappa shape index (κ3) is 3.99. The number of nitrogens with two attached hydrogens (primary N) is 1. The lowest BCUT2D eigenvalue weighted by Crippen LogP contribution is -2.21. The van der Waals surface area contributed by atoms with Crippen LogP contribution < -0.4 is 15.2 Å². The zero-order chi connectivity index (χ0) is 25.6. The molecule has 3 aromatic carbocycles. The topological polar surface area (TPSA) is 98.5 Å². The molecule has 0 aliphatic carbocycles. The van der Waals surface area contributed by atoms with Crippen molar-refractivity contribution >= 4 is 16.9 Å². The Balaban J connectivity index is 1.48. The SMILES string of the molecule is Cc1ccc2c(C)c(C(=O)Oc3ccc4c(c3)OC(N)=C(C#N)C4c3ccc(C(C)C)cc3)oc2c1. The normalized spacial score (nSPS) is 14.9. The van der Waals surface area contributed by atoms with Crippen molar-refractivity contribution in [3.05, 3.63) is 106 Å². The van der Waals surface area contributed by atoms with Gasteiger partial charge in [0.05, 0.1) is 5.92 Å². The van der Waals surface area contributed by atoms with E-state index in [2.05, 4.69) is 32.0 Å². The van der Waals surface area contributed by atoms with E-state index in [9.17, 15) is 10.1 Å². The Bertz CT molecular complexity index is 1570. The molecule has 6 heteroatoms. The van der Waals surface area contributed by atoms with Crippen molar-refractivity contribution in [3.8, 4) is 17.6 Å². The van der Waals surface area contributed by atoms with Gasteiger partial charge in [-0.25, -0.2) is 4.79 Å². The second-order valence-corrected chi connectivity index (χ2v) is 9.39. The molecule has 2 N–H and O–H groups in total. The summed E-state index contributed by atoms with van der Waals surface area (Å²) in [6.07, 6.45) is 0. The number of carbonyl (C=O) groups excluding carboxylic acids is 1. The predicted octanol–water partition coefficient (Wildman–Crippen LogP) is 6.61. The molecule has 0 fully saturated rings. The van der Waals surface area contributed by atoms with Gasteiger partial charge in [0.15, 0.2) is 0 Å². The predicted molar refractivity (Wildman–Crippen MR) is 137 cm³/mol. The first kappa shape index (κ1) is 23.3. The number of ether oxygens (including phenoxy) is 2. The second-order valence-electron chi connectivity index (χ2n) is 9.39. The molecule has 2 heterocycles. The number of fused-ring (bicyclic) bond motifs is 2. The molecule has 1 unspecified atom stereocenters. The van der Waals surface area contributed by atoms with Crippen LogP contribution >= 0.6 is 0 Å². The average Bonchev–Trinajstić information content (AvgIpc) is 3.18. The molecule has 0 saturated carbocycles. The highest BCUT2D eigenvalue weighted by Gasteiger charge is 2.31. The van der Waals surface area contributed by atoms with E-state index in [-0.39, 0.29) is 23.3 Å². The number of hydrogen-bond acceptors (Lipinski definition) is 6.